The predicted molar refractivity (Wildman–Crippen MR) is 84.9 cm³/mol. The molecule has 1 aromatic carbocycles. The number of thioether (sulfide) groups is 1. The molecule has 0 aliphatic rings. The number of benzene rings is 1. The van der Waals surface area contributed by atoms with Crippen molar-refractivity contribution in [2.24, 2.45) is 0 Å². The monoisotopic (exact) mass is 346 g/mol. The molecule has 1 unspecified atom stereocenters. The highest BCUT2D eigenvalue weighted by molar-refractivity contribution is 9.10. The molecule has 0 spiro atoms. The van der Waals surface area contributed by atoms with E-state index in [9.17, 15) is 9.90 Å². The average molecular weight is 347 g/mol. The van der Waals surface area contributed by atoms with Gasteiger partial charge in [-0.15, -0.1) is 0 Å². The van der Waals surface area contributed by atoms with E-state index in [0.717, 1.165) is 15.7 Å². The molecule has 0 bridgehead atoms. The van der Waals surface area contributed by atoms with Gasteiger partial charge in [0.25, 0.3) is 0 Å². The van der Waals surface area contributed by atoms with Crippen molar-refractivity contribution < 1.29 is 9.90 Å². The number of hydrogen-bond acceptors (Lipinski definition) is 3. The second-order valence-corrected chi connectivity index (χ2v) is 6.37. The summed E-state index contributed by atoms with van der Waals surface area (Å²) in [6, 6.07) is 5.29. The van der Waals surface area contributed by atoms with E-state index < -0.39 is 5.60 Å². The Morgan fingerprint density at radius 1 is 1.53 bits per heavy atom. The topological polar surface area (TPSA) is 61.4 Å². The molecule has 4 nitrogen and oxygen atoms in total. The molecular formula is C13H19BrN2O2S. The van der Waals surface area contributed by atoms with Gasteiger partial charge in [0.05, 0.1) is 5.60 Å². The minimum absolute atomic E-state index is 0.215. The van der Waals surface area contributed by atoms with Gasteiger partial charge in [0.2, 0.25) is 0 Å². The molecule has 0 saturated heterocycles. The highest BCUT2D eigenvalue weighted by Gasteiger charge is 2.20. The average Bonchev–Trinajstić information content (AvgIpc) is 2.33. The van der Waals surface area contributed by atoms with E-state index in [4.69, 9.17) is 0 Å². The number of aliphatic hydroxyl groups is 1. The van der Waals surface area contributed by atoms with Crippen LogP contribution in [0.4, 0.5) is 10.5 Å². The number of halogens is 1. The summed E-state index contributed by atoms with van der Waals surface area (Å²) in [7, 11) is 0. The minimum Gasteiger partial charge on any atom is -0.387 e. The summed E-state index contributed by atoms with van der Waals surface area (Å²) in [5, 5.41) is 15.4. The van der Waals surface area contributed by atoms with Gasteiger partial charge in [0.15, 0.2) is 0 Å². The normalized spacial score (nSPS) is 13.7. The van der Waals surface area contributed by atoms with Gasteiger partial charge in [-0.05, 0) is 37.8 Å². The lowest BCUT2D eigenvalue weighted by Gasteiger charge is -2.22. The van der Waals surface area contributed by atoms with Gasteiger partial charge < -0.3 is 15.7 Å². The van der Waals surface area contributed by atoms with Gasteiger partial charge in [-0.2, -0.15) is 11.8 Å². The summed E-state index contributed by atoms with van der Waals surface area (Å²) < 4.78 is 0.944. The first kappa shape index (κ1) is 16.3. The van der Waals surface area contributed by atoms with Crippen LogP contribution in [-0.2, 0) is 0 Å². The van der Waals surface area contributed by atoms with Crippen LogP contribution in [-0.4, -0.2) is 35.3 Å². The summed E-state index contributed by atoms with van der Waals surface area (Å²) in [6.07, 6.45) is 1.92. The number of nitrogens with one attached hydrogen (secondary N) is 2. The number of amides is 2. The Hall–Kier alpha value is -0.720. The van der Waals surface area contributed by atoms with Gasteiger partial charge >= 0.3 is 6.03 Å². The van der Waals surface area contributed by atoms with Crippen LogP contribution in [0.5, 0.6) is 0 Å². The van der Waals surface area contributed by atoms with Crippen molar-refractivity contribution in [1.82, 2.24) is 5.32 Å². The highest BCUT2D eigenvalue weighted by Crippen LogP contribution is 2.23. The lowest BCUT2D eigenvalue weighted by Crippen LogP contribution is -2.44. The predicted octanol–water partition coefficient (Wildman–Crippen LogP) is 2.99. The molecule has 1 atom stereocenters. The van der Waals surface area contributed by atoms with Gasteiger partial charge in [0, 0.05) is 22.5 Å². The Morgan fingerprint density at radius 3 is 2.84 bits per heavy atom. The summed E-state index contributed by atoms with van der Waals surface area (Å²) in [4.78, 5) is 11.8. The Kier molecular flexibility index (Phi) is 6.16. The fourth-order valence-corrected chi connectivity index (χ4v) is 2.63. The summed E-state index contributed by atoms with van der Waals surface area (Å²) in [6.45, 7) is 3.84. The van der Waals surface area contributed by atoms with E-state index in [0.29, 0.717) is 5.75 Å². The zero-order valence-corrected chi connectivity index (χ0v) is 13.7. The maximum Gasteiger partial charge on any atom is 0.319 e. The Bertz CT molecular complexity index is 452. The largest absolute Gasteiger partial charge is 0.387 e. The lowest BCUT2D eigenvalue weighted by molar-refractivity contribution is 0.0876. The summed E-state index contributed by atoms with van der Waals surface area (Å²) >= 11 is 4.95. The third-order valence-corrected chi connectivity index (χ3v) is 4.37. The number of anilines is 1. The maximum atomic E-state index is 11.8. The molecule has 0 fully saturated rings. The van der Waals surface area contributed by atoms with Crippen LogP contribution in [0.2, 0.25) is 0 Å². The molecule has 0 heterocycles. The van der Waals surface area contributed by atoms with Gasteiger partial charge in [0.1, 0.15) is 0 Å². The fraction of sp³-hybridized carbons (Fsp3) is 0.462. The number of carbonyl (C=O) groups is 1. The molecule has 0 saturated carbocycles. The van der Waals surface area contributed by atoms with Crippen LogP contribution < -0.4 is 10.6 Å². The second-order valence-electron chi connectivity index (χ2n) is 4.65. The van der Waals surface area contributed by atoms with Crippen molar-refractivity contribution in [2.75, 3.05) is 23.9 Å². The van der Waals surface area contributed by atoms with E-state index >= 15 is 0 Å². The van der Waals surface area contributed by atoms with Gasteiger partial charge in [-0.1, -0.05) is 22.0 Å². The molecule has 6 heteroatoms. The Morgan fingerprint density at radius 2 is 2.21 bits per heavy atom. The van der Waals surface area contributed by atoms with Gasteiger partial charge in [-0.3, -0.25) is 0 Å². The Labute approximate surface area is 126 Å². The van der Waals surface area contributed by atoms with Crippen LogP contribution in [0.15, 0.2) is 22.7 Å². The summed E-state index contributed by atoms with van der Waals surface area (Å²) in [5.74, 6) is 0.573. The zero-order chi connectivity index (χ0) is 14.5. The number of urea groups is 1. The first-order chi connectivity index (χ1) is 8.85. The van der Waals surface area contributed by atoms with E-state index in [-0.39, 0.29) is 12.6 Å². The molecule has 3 N–H and O–H groups in total. The molecule has 19 heavy (non-hydrogen) atoms. The van der Waals surface area contributed by atoms with E-state index in [1.54, 1.807) is 18.7 Å². The highest BCUT2D eigenvalue weighted by atomic mass is 79.9. The van der Waals surface area contributed by atoms with Crippen LogP contribution in [0.25, 0.3) is 0 Å². The van der Waals surface area contributed by atoms with Crippen molar-refractivity contribution in [1.29, 1.82) is 0 Å². The molecule has 0 aromatic heterocycles. The number of rotatable bonds is 5. The number of hydrogen-bond donors (Lipinski definition) is 3. The first-order valence-corrected chi connectivity index (χ1v) is 8.06. The van der Waals surface area contributed by atoms with Crippen LogP contribution in [0.3, 0.4) is 0 Å². The molecular weight excluding hydrogens is 328 g/mol. The number of carbonyl (C=O) groups excluding carboxylic acids is 1. The van der Waals surface area contributed by atoms with Gasteiger partial charge in [-0.25, -0.2) is 4.79 Å². The van der Waals surface area contributed by atoms with Crippen molar-refractivity contribution in [3.05, 3.63) is 28.2 Å². The van der Waals surface area contributed by atoms with E-state index in [1.807, 2.05) is 31.4 Å². The molecule has 2 amide bonds. The minimum atomic E-state index is -0.900. The molecule has 1 rings (SSSR count). The molecule has 0 radical (unpaired) electrons. The quantitative estimate of drug-likeness (QED) is 0.767. The van der Waals surface area contributed by atoms with Crippen LogP contribution in [0.1, 0.15) is 12.5 Å². The molecule has 1 aromatic rings. The lowest BCUT2D eigenvalue weighted by atomic mass is 10.1. The summed E-state index contributed by atoms with van der Waals surface area (Å²) in [5.41, 5.74) is 0.813. The zero-order valence-electron chi connectivity index (χ0n) is 11.3. The van der Waals surface area contributed by atoms with Crippen molar-refractivity contribution in [3.8, 4) is 0 Å². The van der Waals surface area contributed by atoms with Crippen LogP contribution >= 0.6 is 27.7 Å². The van der Waals surface area contributed by atoms with E-state index in [2.05, 4.69) is 26.6 Å². The molecule has 0 aliphatic carbocycles. The maximum absolute atomic E-state index is 11.8. The SMILES string of the molecule is CSCC(C)(O)CNC(=O)Nc1cccc(Br)c1C. The fourth-order valence-electron chi connectivity index (χ4n) is 1.54. The smallest absolute Gasteiger partial charge is 0.319 e. The van der Waals surface area contributed by atoms with Crippen molar-refractivity contribution >= 4 is 39.4 Å². The van der Waals surface area contributed by atoms with Crippen molar-refractivity contribution in [3.63, 3.8) is 0 Å². The standard InChI is InChI=1S/C13H19BrN2O2S/c1-9-10(14)5-4-6-11(9)16-12(17)15-7-13(2,18)8-19-3/h4-6,18H,7-8H2,1-3H3,(H2,15,16,17). The Balaban J connectivity index is 2.54. The molecule has 106 valence electrons. The third kappa shape index (κ3) is 5.42. The third-order valence-electron chi connectivity index (χ3n) is 2.60. The van der Waals surface area contributed by atoms with E-state index in [1.165, 1.54) is 0 Å². The first-order valence-electron chi connectivity index (χ1n) is 5.87. The van der Waals surface area contributed by atoms with Crippen molar-refractivity contribution in [2.45, 2.75) is 19.4 Å². The molecule has 0 aliphatic heterocycles. The second kappa shape index (κ2) is 7.17. The van der Waals surface area contributed by atoms with Crippen LogP contribution in [0, 0.1) is 6.92 Å².